The normalized spacial score (nSPS) is 11.0. The van der Waals surface area contributed by atoms with E-state index >= 15 is 0 Å². The maximum atomic E-state index is 11.9. The van der Waals surface area contributed by atoms with Crippen LogP contribution in [0, 0.1) is 5.41 Å². The van der Waals surface area contributed by atoms with Gasteiger partial charge in [-0.3, -0.25) is 9.59 Å². The number of hydrogen-bond donors (Lipinski definition) is 2. The standard InChI is InChI=1S/C13H17NO3/c1-4-9-7-5-6-8-10(9)14-11(15)13(2,3)12(16)17/h5-8H,4H2,1-3H3,(H,14,15)(H,16,17). The molecule has 0 saturated carbocycles. The van der Waals surface area contributed by atoms with Crippen molar-refractivity contribution in [1.82, 2.24) is 0 Å². The van der Waals surface area contributed by atoms with Crippen LogP contribution in [-0.4, -0.2) is 17.0 Å². The summed E-state index contributed by atoms with van der Waals surface area (Å²) in [6, 6.07) is 7.37. The van der Waals surface area contributed by atoms with Crippen LogP contribution in [0.4, 0.5) is 5.69 Å². The fourth-order valence-corrected chi connectivity index (χ4v) is 1.33. The summed E-state index contributed by atoms with van der Waals surface area (Å²) in [6.07, 6.45) is 0.782. The van der Waals surface area contributed by atoms with Gasteiger partial charge >= 0.3 is 5.97 Å². The Bertz CT molecular complexity index is 438. The molecule has 0 aliphatic rings. The maximum Gasteiger partial charge on any atom is 0.318 e. The highest BCUT2D eigenvalue weighted by molar-refractivity contribution is 6.07. The molecule has 4 heteroatoms. The lowest BCUT2D eigenvalue weighted by Gasteiger charge is -2.19. The molecule has 1 aromatic carbocycles. The molecule has 0 aliphatic carbocycles. The summed E-state index contributed by atoms with van der Waals surface area (Å²) < 4.78 is 0. The topological polar surface area (TPSA) is 66.4 Å². The van der Waals surface area contributed by atoms with Crippen molar-refractivity contribution >= 4 is 17.6 Å². The van der Waals surface area contributed by atoms with Crippen LogP contribution in [0.5, 0.6) is 0 Å². The lowest BCUT2D eigenvalue weighted by molar-refractivity contribution is -0.151. The fraction of sp³-hybridized carbons (Fsp3) is 0.385. The third kappa shape index (κ3) is 2.84. The van der Waals surface area contributed by atoms with Gasteiger partial charge in [-0.2, -0.15) is 0 Å². The lowest BCUT2D eigenvalue weighted by Crippen LogP contribution is -2.38. The Kier molecular flexibility index (Phi) is 3.89. The van der Waals surface area contributed by atoms with Gasteiger partial charge in [-0.25, -0.2) is 0 Å². The third-order valence-electron chi connectivity index (χ3n) is 2.75. The Morgan fingerprint density at radius 2 is 1.88 bits per heavy atom. The number of aliphatic carboxylic acids is 1. The summed E-state index contributed by atoms with van der Waals surface area (Å²) in [5.41, 5.74) is 0.234. The van der Waals surface area contributed by atoms with E-state index < -0.39 is 17.3 Å². The number of nitrogens with one attached hydrogen (secondary N) is 1. The van der Waals surface area contributed by atoms with Crippen LogP contribution in [0.1, 0.15) is 26.3 Å². The van der Waals surface area contributed by atoms with Crippen molar-refractivity contribution in [2.75, 3.05) is 5.32 Å². The second-order valence-corrected chi connectivity index (χ2v) is 4.39. The number of rotatable bonds is 4. The molecular formula is C13H17NO3. The smallest absolute Gasteiger partial charge is 0.318 e. The van der Waals surface area contributed by atoms with E-state index in [0.717, 1.165) is 12.0 Å². The van der Waals surface area contributed by atoms with E-state index in [2.05, 4.69) is 5.32 Å². The van der Waals surface area contributed by atoms with Gasteiger partial charge in [0, 0.05) is 5.69 Å². The molecule has 0 saturated heterocycles. The number of para-hydroxylation sites is 1. The number of anilines is 1. The molecule has 0 spiro atoms. The van der Waals surface area contributed by atoms with Crippen LogP contribution >= 0.6 is 0 Å². The number of aryl methyl sites for hydroxylation is 1. The van der Waals surface area contributed by atoms with E-state index in [1.165, 1.54) is 13.8 Å². The van der Waals surface area contributed by atoms with Gasteiger partial charge < -0.3 is 10.4 Å². The zero-order valence-corrected chi connectivity index (χ0v) is 10.3. The second-order valence-electron chi connectivity index (χ2n) is 4.39. The van der Waals surface area contributed by atoms with Crippen molar-refractivity contribution in [2.24, 2.45) is 5.41 Å². The molecule has 0 heterocycles. The molecule has 0 atom stereocenters. The molecule has 2 N–H and O–H groups in total. The van der Waals surface area contributed by atoms with Crippen molar-refractivity contribution in [2.45, 2.75) is 27.2 Å². The van der Waals surface area contributed by atoms with Gasteiger partial charge in [0.15, 0.2) is 0 Å². The number of benzene rings is 1. The average Bonchev–Trinajstić information content (AvgIpc) is 2.29. The van der Waals surface area contributed by atoms with E-state index in [0.29, 0.717) is 5.69 Å². The Balaban J connectivity index is 2.92. The summed E-state index contributed by atoms with van der Waals surface area (Å²) in [4.78, 5) is 22.8. The average molecular weight is 235 g/mol. The Morgan fingerprint density at radius 1 is 1.29 bits per heavy atom. The summed E-state index contributed by atoms with van der Waals surface area (Å²) in [6.45, 7) is 4.76. The first-order valence-corrected chi connectivity index (χ1v) is 5.52. The van der Waals surface area contributed by atoms with E-state index in [4.69, 9.17) is 5.11 Å². The number of amides is 1. The predicted octanol–water partition coefficient (Wildman–Crippen LogP) is 2.30. The van der Waals surface area contributed by atoms with Crippen molar-refractivity contribution in [3.63, 3.8) is 0 Å². The zero-order valence-electron chi connectivity index (χ0n) is 10.3. The SMILES string of the molecule is CCc1ccccc1NC(=O)C(C)(C)C(=O)O. The quantitative estimate of drug-likeness (QED) is 0.787. The van der Waals surface area contributed by atoms with E-state index in [9.17, 15) is 9.59 Å². The lowest BCUT2D eigenvalue weighted by atomic mass is 9.92. The van der Waals surface area contributed by atoms with Gasteiger partial charge in [-0.05, 0) is 31.9 Å². The Hall–Kier alpha value is -1.84. The number of hydrogen-bond acceptors (Lipinski definition) is 2. The van der Waals surface area contributed by atoms with Gasteiger partial charge in [-0.1, -0.05) is 25.1 Å². The minimum Gasteiger partial charge on any atom is -0.480 e. The molecular weight excluding hydrogens is 218 g/mol. The number of carboxylic acid groups (broad SMARTS) is 1. The molecule has 0 radical (unpaired) electrons. The van der Waals surface area contributed by atoms with Gasteiger partial charge in [0.25, 0.3) is 0 Å². The van der Waals surface area contributed by atoms with Gasteiger partial charge in [0.2, 0.25) is 5.91 Å². The van der Waals surface area contributed by atoms with Gasteiger partial charge in [-0.15, -0.1) is 0 Å². The van der Waals surface area contributed by atoms with Crippen LogP contribution in [0.15, 0.2) is 24.3 Å². The highest BCUT2D eigenvalue weighted by Crippen LogP contribution is 2.21. The molecule has 1 aromatic rings. The first-order valence-electron chi connectivity index (χ1n) is 5.52. The van der Waals surface area contributed by atoms with E-state index in [-0.39, 0.29) is 0 Å². The number of carboxylic acids is 1. The molecule has 1 amide bonds. The first-order chi connectivity index (χ1) is 7.89. The minimum absolute atomic E-state index is 0.508. The van der Waals surface area contributed by atoms with Crippen molar-refractivity contribution < 1.29 is 14.7 Å². The van der Waals surface area contributed by atoms with Crippen LogP contribution < -0.4 is 5.32 Å². The molecule has 92 valence electrons. The molecule has 0 aromatic heterocycles. The summed E-state index contributed by atoms with van der Waals surface area (Å²) in [7, 11) is 0. The van der Waals surface area contributed by atoms with Gasteiger partial charge in [0.05, 0.1) is 0 Å². The molecule has 0 fully saturated rings. The van der Waals surface area contributed by atoms with Crippen molar-refractivity contribution in [1.29, 1.82) is 0 Å². The zero-order chi connectivity index (χ0) is 13.1. The minimum atomic E-state index is -1.43. The highest BCUT2D eigenvalue weighted by atomic mass is 16.4. The van der Waals surface area contributed by atoms with Crippen LogP contribution in [0.3, 0.4) is 0 Å². The predicted molar refractivity (Wildman–Crippen MR) is 65.9 cm³/mol. The van der Waals surface area contributed by atoms with Crippen molar-refractivity contribution in [3.05, 3.63) is 29.8 Å². The molecule has 4 nitrogen and oxygen atoms in total. The summed E-state index contributed by atoms with van der Waals surface area (Å²) in [5.74, 6) is -1.64. The molecule has 17 heavy (non-hydrogen) atoms. The third-order valence-corrected chi connectivity index (χ3v) is 2.75. The summed E-state index contributed by atoms with van der Waals surface area (Å²) in [5, 5.41) is 11.6. The maximum absolute atomic E-state index is 11.9. The largest absolute Gasteiger partial charge is 0.480 e. The number of carbonyl (C=O) groups is 2. The fourth-order valence-electron chi connectivity index (χ4n) is 1.33. The van der Waals surface area contributed by atoms with Crippen LogP contribution in [0.25, 0.3) is 0 Å². The first kappa shape index (κ1) is 13.2. The molecule has 1 rings (SSSR count). The Labute approximate surface area is 101 Å². The highest BCUT2D eigenvalue weighted by Gasteiger charge is 2.36. The second kappa shape index (κ2) is 4.99. The van der Waals surface area contributed by atoms with E-state index in [1.807, 2.05) is 25.1 Å². The number of carbonyl (C=O) groups excluding carboxylic acids is 1. The molecule has 0 bridgehead atoms. The van der Waals surface area contributed by atoms with Crippen LogP contribution in [0.2, 0.25) is 0 Å². The van der Waals surface area contributed by atoms with Crippen LogP contribution in [-0.2, 0) is 16.0 Å². The monoisotopic (exact) mass is 235 g/mol. The molecule has 0 unspecified atom stereocenters. The molecule has 0 aliphatic heterocycles. The summed E-state index contributed by atoms with van der Waals surface area (Å²) >= 11 is 0. The Morgan fingerprint density at radius 3 is 2.41 bits per heavy atom. The van der Waals surface area contributed by atoms with E-state index in [1.54, 1.807) is 6.07 Å². The van der Waals surface area contributed by atoms with Gasteiger partial charge in [0.1, 0.15) is 5.41 Å². The van der Waals surface area contributed by atoms with Crippen molar-refractivity contribution in [3.8, 4) is 0 Å².